The summed E-state index contributed by atoms with van der Waals surface area (Å²) in [6, 6.07) is 1.27. The van der Waals surface area contributed by atoms with Gasteiger partial charge in [0.2, 0.25) is 0 Å². The van der Waals surface area contributed by atoms with Gasteiger partial charge >= 0.3 is 11.7 Å². The first-order chi connectivity index (χ1) is 11.4. The van der Waals surface area contributed by atoms with E-state index in [9.17, 15) is 19.2 Å². The minimum Gasteiger partial charge on any atom is -0.481 e. The minimum absolute atomic E-state index is 0.0994. The van der Waals surface area contributed by atoms with Gasteiger partial charge in [0.25, 0.3) is 11.5 Å². The van der Waals surface area contributed by atoms with Gasteiger partial charge in [0, 0.05) is 12.2 Å². The lowest BCUT2D eigenvalue weighted by Gasteiger charge is -2.26. The van der Waals surface area contributed by atoms with Gasteiger partial charge in [-0.15, -0.1) is 0 Å². The first kappa shape index (κ1) is 15.9. The summed E-state index contributed by atoms with van der Waals surface area (Å²) >= 11 is 0. The number of carboxylic acids is 1. The zero-order chi connectivity index (χ0) is 17.3. The summed E-state index contributed by atoms with van der Waals surface area (Å²) in [5.41, 5.74) is -0.951. The zero-order valence-electron chi connectivity index (χ0n) is 12.7. The number of carbonyl (C=O) groups excluding carboxylic acids is 1. The van der Waals surface area contributed by atoms with Crippen LogP contribution in [-0.4, -0.2) is 38.0 Å². The van der Waals surface area contributed by atoms with Gasteiger partial charge in [0.05, 0.1) is 16.9 Å². The fourth-order valence-corrected chi connectivity index (χ4v) is 2.92. The van der Waals surface area contributed by atoms with Crippen LogP contribution in [0.1, 0.15) is 36.0 Å². The van der Waals surface area contributed by atoms with Gasteiger partial charge in [0.15, 0.2) is 0 Å². The Labute approximate surface area is 135 Å². The molecular weight excluding hydrogens is 316 g/mol. The Bertz CT molecular complexity index is 908. The van der Waals surface area contributed by atoms with Crippen molar-refractivity contribution < 1.29 is 14.7 Å². The van der Waals surface area contributed by atoms with E-state index in [2.05, 4.69) is 20.3 Å². The summed E-state index contributed by atoms with van der Waals surface area (Å²) in [7, 11) is 0. The maximum Gasteiger partial charge on any atom is 0.327 e. The first-order valence-corrected chi connectivity index (χ1v) is 7.60. The molecular formula is C15H16N4O5. The van der Waals surface area contributed by atoms with E-state index in [1.165, 1.54) is 12.3 Å². The van der Waals surface area contributed by atoms with Gasteiger partial charge in [0.1, 0.15) is 5.65 Å². The smallest absolute Gasteiger partial charge is 0.327 e. The highest BCUT2D eigenvalue weighted by Crippen LogP contribution is 2.24. The third-order valence-corrected chi connectivity index (χ3v) is 4.27. The van der Waals surface area contributed by atoms with Gasteiger partial charge < -0.3 is 10.4 Å². The van der Waals surface area contributed by atoms with Crippen molar-refractivity contribution in [3.63, 3.8) is 0 Å². The molecule has 2 aromatic rings. The number of H-pyrrole nitrogens is 2. The summed E-state index contributed by atoms with van der Waals surface area (Å²) in [6.07, 6.45) is 3.53. The quantitative estimate of drug-likeness (QED) is 0.622. The molecule has 4 N–H and O–H groups in total. The van der Waals surface area contributed by atoms with Crippen molar-refractivity contribution in [2.45, 2.75) is 31.7 Å². The van der Waals surface area contributed by atoms with E-state index in [1.807, 2.05) is 0 Å². The maximum atomic E-state index is 12.3. The molecule has 0 bridgehead atoms. The molecule has 1 fully saturated rings. The summed E-state index contributed by atoms with van der Waals surface area (Å²) in [5, 5.41) is 11.9. The van der Waals surface area contributed by atoms with Crippen LogP contribution in [0.5, 0.6) is 0 Å². The van der Waals surface area contributed by atoms with E-state index >= 15 is 0 Å². The lowest BCUT2D eigenvalue weighted by molar-refractivity contribution is -0.142. The van der Waals surface area contributed by atoms with Crippen LogP contribution in [0.25, 0.3) is 11.0 Å². The molecule has 2 heterocycles. The Kier molecular flexibility index (Phi) is 4.15. The van der Waals surface area contributed by atoms with Gasteiger partial charge in [-0.2, -0.15) is 0 Å². The Hall–Kier alpha value is -2.97. The second kappa shape index (κ2) is 6.26. The van der Waals surface area contributed by atoms with Crippen molar-refractivity contribution >= 4 is 22.9 Å². The number of carboxylic acid groups (broad SMARTS) is 1. The largest absolute Gasteiger partial charge is 0.481 e. The SMILES string of the molecule is O=C(NC1CCC(C(=O)O)CC1)c1cnc2[nH]c(=O)[nH]c(=O)c2c1. The predicted molar refractivity (Wildman–Crippen MR) is 83.8 cm³/mol. The van der Waals surface area contributed by atoms with Crippen LogP contribution in [-0.2, 0) is 4.79 Å². The number of hydrogen-bond acceptors (Lipinski definition) is 5. The molecule has 9 heteroatoms. The minimum atomic E-state index is -0.799. The van der Waals surface area contributed by atoms with E-state index in [1.54, 1.807) is 0 Å². The molecule has 0 unspecified atom stereocenters. The van der Waals surface area contributed by atoms with Crippen molar-refractivity contribution in [3.8, 4) is 0 Å². The van der Waals surface area contributed by atoms with Crippen molar-refractivity contribution in [2.75, 3.05) is 0 Å². The number of fused-ring (bicyclic) bond motifs is 1. The van der Waals surface area contributed by atoms with Crippen LogP contribution in [0, 0.1) is 5.92 Å². The Morgan fingerprint density at radius 1 is 1.17 bits per heavy atom. The van der Waals surface area contributed by atoms with Crippen LogP contribution in [0.4, 0.5) is 0 Å². The Morgan fingerprint density at radius 2 is 1.88 bits per heavy atom. The first-order valence-electron chi connectivity index (χ1n) is 7.60. The molecule has 9 nitrogen and oxygen atoms in total. The average Bonchev–Trinajstić information content (AvgIpc) is 2.55. The summed E-state index contributed by atoms with van der Waals surface area (Å²) in [4.78, 5) is 54.6. The molecule has 1 aliphatic carbocycles. The predicted octanol–water partition coefficient (Wildman–Crippen LogP) is -0.0154. The number of nitrogens with zero attached hydrogens (tertiary/aromatic N) is 1. The maximum absolute atomic E-state index is 12.3. The van der Waals surface area contributed by atoms with Crippen LogP contribution in [0.15, 0.2) is 21.9 Å². The molecule has 3 rings (SSSR count). The Morgan fingerprint density at radius 3 is 2.54 bits per heavy atom. The molecule has 0 spiro atoms. The lowest BCUT2D eigenvalue weighted by atomic mass is 9.86. The molecule has 0 aromatic carbocycles. The normalized spacial score (nSPS) is 20.7. The van der Waals surface area contributed by atoms with Crippen molar-refractivity contribution in [1.82, 2.24) is 20.3 Å². The zero-order valence-corrected chi connectivity index (χ0v) is 12.7. The summed E-state index contributed by atoms with van der Waals surface area (Å²) in [5.74, 6) is -1.53. The summed E-state index contributed by atoms with van der Waals surface area (Å²) < 4.78 is 0. The number of amides is 1. The number of aromatic nitrogens is 3. The number of hydrogen-bond donors (Lipinski definition) is 4. The van der Waals surface area contributed by atoms with Gasteiger partial charge in [-0.05, 0) is 31.7 Å². The highest BCUT2D eigenvalue weighted by molar-refractivity contribution is 5.96. The van der Waals surface area contributed by atoms with Gasteiger partial charge in [-0.25, -0.2) is 9.78 Å². The molecule has 1 aliphatic rings. The second-order valence-corrected chi connectivity index (χ2v) is 5.89. The van der Waals surface area contributed by atoms with Crippen LogP contribution in [0.3, 0.4) is 0 Å². The van der Waals surface area contributed by atoms with E-state index in [-0.39, 0.29) is 34.5 Å². The highest BCUT2D eigenvalue weighted by Gasteiger charge is 2.27. The number of aliphatic carboxylic acids is 1. The summed E-state index contributed by atoms with van der Waals surface area (Å²) in [6.45, 7) is 0. The monoisotopic (exact) mass is 332 g/mol. The molecule has 1 amide bonds. The van der Waals surface area contributed by atoms with E-state index in [4.69, 9.17) is 5.11 Å². The fourth-order valence-electron chi connectivity index (χ4n) is 2.92. The van der Waals surface area contributed by atoms with E-state index < -0.39 is 17.2 Å². The molecule has 0 aliphatic heterocycles. The molecule has 2 aromatic heterocycles. The third kappa shape index (κ3) is 3.19. The van der Waals surface area contributed by atoms with Crippen molar-refractivity contribution in [1.29, 1.82) is 0 Å². The third-order valence-electron chi connectivity index (χ3n) is 4.27. The van der Waals surface area contributed by atoms with Gasteiger partial charge in [-0.3, -0.25) is 24.4 Å². The van der Waals surface area contributed by atoms with Crippen LogP contribution >= 0.6 is 0 Å². The van der Waals surface area contributed by atoms with Gasteiger partial charge in [-0.1, -0.05) is 0 Å². The number of nitrogens with one attached hydrogen (secondary N) is 3. The average molecular weight is 332 g/mol. The molecule has 0 radical (unpaired) electrons. The second-order valence-electron chi connectivity index (χ2n) is 5.89. The van der Waals surface area contributed by atoms with Crippen LogP contribution < -0.4 is 16.6 Å². The number of carbonyl (C=O) groups is 2. The standard InChI is InChI=1S/C15H16N4O5/c20-12(17-9-3-1-7(2-4-9)14(22)23)8-5-10-11(16-6-8)18-15(24)19-13(10)21/h5-7,9H,1-4H2,(H,17,20)(H,22,23)(H2,16,18,19,21,24). The molecule has 24 heavy (non-hydrogen) atoms. The number of aromatic amines is 2. The topological polar surface area (TPSA) is 145 Å². The molecule has 126 valence electrons. The Balaban J connectivity index is 1.74. The highest BCUT2D eigenvalue weighted by atomic mass is 16.4. The van der Waals surface area contributed by atoms with Crippen molar-refractivity contribution in [3.05, 3.63) is 38.7 Å². The molecule has 0 atom stereocenters. The van der Waals surface area contributed by atoms with Crippen molar-refractivity contribution in [2.24, 2.45) is 5.92 Å². The van der Waals surface area contributed by atoms with E-state index in [0.717, 1.165) is 0 Å². The van der Waals surface area contributed by atoms with E-state index in [0.29, 0.717) is 25.7 Å². The molecule has 1 saturated carbocycles. The number of pyridine rings is 1. The lowest BCUT2D eigenvalue weighted by Crippen LogP contribution is -2.38. The van der Waals surface area contributed by atoms with Crippen LogP contribution in [0.2, 0.25) is 0 Å². The molecule has 0 saturated heterocycles. The number of rotatable bonds is 3. The fraction of sp³-hybridized carbons (Fsp3) is 0.400.